The molecule has 1 aliphatic heterocycles. The molecule has 3 heterocycles. The van der Waals surface area contributed by atoms with Gasteiger partial charge in [0.1, 0.15) is 17.3 Å². The van der Waals surface area contributed by atoms with Gasteiger partial charge in [0.2, 0.25) is 0 Å². The Morgan fingerprint density at radius 1 is 1.06 bits per heavy atom. The number of anilines is 1. The molecule has 1 aromatic carbocycles. The maximum absolute atomic E-state index is 11.3. The summed E-state index contributed by atoms with van der Waals surface area (Å²) in [5, 5.41) is 15.4. The van der Waals surface area contributed by atoms with Crippen LogP contribution in [0.25, 0.3) is 11.5 Å². The molecule has 1 fully saturated rings. The quantitative estimate of drug-likeness (QED) is 0.639. The van der Waals surface area contributed by atoms with Crippen LogP contribution in [0, 0.1) is 0 Å². The first-order valence-electron chi connectivity index (χ1n) is 10.4. The van der Waals surface area contributed by atoms with Crippen molar-refractivity contribution in [2.45, 2.75) is 38.2 Å². The van der Waals surface area contributed by atoms with Gasteiger partial charge in [0, 0.05) is 36.8 Å². The van der Waals surface area contributed by atoms with Crippen molar-refractivity contribution in [2.24, 2.45) is 0 Å². The highest BCUT2D eigenvalue weighted by atomic mass is 16.5. The topological polar surface area (TPSA) is 93.7 Å². The van der Waals surface area contributed by atoms with E-state index in [-0.39, 0.29) is 5.92 Å². The van der Waals surface area contributed by atoms with Crippen molar-refractivity contribution >= 4 is 5.82 Å². The number of methoxy groups -OCH3 is 2. The zero-order valence-electron chi connectivity index (χ0n) is 18.3. The van der Waals surface area contributed by atoms with Crippen LogP contribution in [-0.2, 0) is 5.60 Å². The van der Waals surface area contributed by atoms with E-state index in [9.17, 15) is 5.11 Å². The molecule has 4 rings (SSSR count). The standard InChI is InChI=1S/C23H28N4O4/c1-15(2)21-25-22(31-26-21)16-5-8-24-20(11-16)27-9-6-23(28,7-10-27)17-12-18(29-3)14-19(13-17)30-4/h5,8,11-15,28H,6-7,9-10H2,1-4H3. The summed E-state index contributed by atoms with van der Waals surface area (Å²) < 4.78 is 16.1. The van der Waals surface area contributed by atoms with Gasteiger partial charge in [0.25, 0.3) is 5.89 Å². The zero-order chi connectivity index (χ0) is 22.0. The summed E-state index contributed by atoms with van der Waals surface area (Å²) in [6.07, 6.45) is 2.87. The summed E-state index contributed by atoms with van der Waals surface area (Å²) in [5.41, 5.74) is 0.689. The van der Waals surface area contributed by atoms with E-state index in [4.69, 9.17) is 14.0 Å². The lowest BCUT2D eigenvalue weighted by atomic mass is 9.84. The van der Waals surface area contributed by atoms with Crippen molar-refractivity contribution in [1.29, 1.82) is 0 Å². The molecule has 1 aliphatic rings. The molecule has 31 heavy (non-hydrogen) atoms. The smallest absolute Gasteiger partial charge is 0.258 e. The van der Waals surface area contributed by atoms with Gasteiger partial charge in [0.15, 0.2) is 5.82 Å². The summed E-state index contributed by atoms with van der Waals surface area (Å²) in [6, 6.07) is 9.37. The Morgan fingerprint density at radius 2 is 1.74 bits per heavy atom. The van der Waals surface area contributed by atoms with Crippen molar-refractivity contribution in [3.05, 3.63) is 47.9 Å². The van der Waals surface area contributed by atoms with Crippen LogP contribution >= 0.6 is 0 Å². The van der Waals surface area contributed by atoms with Crippen LogP contribution in [0.5, 0.6) is 11.5 Å². The molecule has 0 saturated carbocycles. The lowest BCUT2D eigenvalue weighted by molar-refractivity contribution is 0.0113. The fourth-order valence-electron chi connectivity index (χ4n) is 3.78. The Bertz CT molecular complexity index is 1020. The van der Waals surface area contributed by atoms with Gasteiger partial charge < -0.3 is 24.0 Å². The number of nitrogens with zero attached hydrogens (tertiary/aromatic N) is 4. The number of hydrogen-bond donors (Lipinski definition) is 1. The number of aliphatic hydroxyl groups is 1. The summed E-state index contributed by atoms with van der Waals surface area (Å²) in [4.78, 5) is 11.2. The van der Waals surface area contributed by atoms with Gasteiger partial charge in [0.05, 0.1) is 19.8 Å². The second-order valence-corrected chi connectivity index (χ2v) is 8.14. The Hall–Kier alpha value is -3.13. The highest BCUT2D eigenvalue weighted by Gasteiger charge is 2.35. The van der Waals surface area contributed by atoms with E-state index in [2.05, 4.69) is 20.0 Å². The molecule has 0 aliphatic carbocycles. The zero-order valence-corrected chi connectivity index (χ0v) is 18.3. The number of ether oxygens (including phenoxy) is 2. The summed E-state index contributed by atoms with van der Waals surface area (Å²) >= 11 is 0. The largest absolute Gasteiger partial charge is 0.497 e. The number of benzene rings is 1. The summed E-state index contributed by atoms with van der Waals surface area (Å²) in [5.74, 6) is 3.54. The Labute approximate surface area is 181 Å². The molecule has 164 valence electrons. The number of hydrogen-bond acceptors (Lipinski definition) is 8. The normalized spacial score (nSPS) is 15.9. The van der Waals surface area contributed by atoms with Crippen LogP contribution in [0.15, 0.2) is 41.1 Å². The molecule has 0 amide bonds. The molecule has 0 spiro atoms. The minimum Gasteiger partial charge on any atom is -0.497 e. The van der Waals surface area contributed by atoms with E-state index in [1.807, 2.05) is 38.1 Å². The SMILES string of the molecule is COc1cc(OC)cc(C2(O)CCN(c3cc(-c4nc(C(C)C)no4)ccn3)CC2)c1. The first kappa shape index (κ1) is 21.1. The van der Waals surface area contributed by atoms with E-state index in [0.29, 0.717) is 49.1 Å². The van der Waals surface area contributed by atoms with Gasteiger partial charge in [-0.3, -0.25) is 0 Å². The number of aromatic nitrogens is 3. The van der Waals surface area contributed by atoms with Gasteiger partial charge in [-0.15, -0.1) is 0 Å². The van der Waals surface area contributed by atoms with Gasteiger partial charge in [-0.25, -0.2) is 4.98 Å². The van der Waals surface area contributed by atoms with E-state index in [1.54, 1.807) is 26.5 Å². The highest BCUT2D eigenvalue weighted by molar-refractivity contribution is 5.59. The molecule has 0 bridgehead atoms. The first-order chi connectivity index (χ1) is 14.9. The van der Waals surface area contributed by atoms with Crippen molar-refractivity contribution in [2.75, 3.05) is 32.2 Å². The molecule has 3 aromatic rings. The number of rotatable bonds is 6. The van der Waals surface area contributed by atoms with Crippen molar-refractivity contribution in [3.8, 4) is 23.0 Å². The summed E-state index contributed by atoms with van der Waals surface area (Å²) in [6.45, 7) is 5.37. The molecule has 0 atom stereocenters. The molecule has 1 saturated heterocycles. The molecule has 0 radical (unpaired) electrons. The molecule has 1 N–H and O–H groups in total. The second-order valence-electron chi connectivity index (χ2n) is 8.14. The van der Waals surface area contributed by atoms with Crippen LogP contribution in [0.2, 0.25) is 0 Å². The predicted octanol–water partition coefficient (Wildman–Crippen LogP) is 3.76. The van der Waals surface area contributed by atoms with E-state index < -0.39 is 5.60 Å². The minimum absolute atomic E-state index is 0.203. The van der Waals surface area contributed by atoms with Crippen LogP contribution < -0.4 is 14.4 Å². The van der Waals surface area contributed by atoms with Crippen LogP contribution in [0.3, 0.4) is 0 Å². The number of pyridine rings is 1. The van der Waals surface area contributed by atoms with Crippen LogP contribution in [0.1, 0.15) is 44.0 Å². The maximum atomic E-state index is 11.3. The average molecular weight is 425 g/mol. The average Bonchev–Trinajstić information content (AvgIpc) is 3.30. The van der Waals surface area contributed by atoms with Gasteiger partial charge in [-0.05, 0) is 42.7 Å². The van der Waals surface area contributed by atoms with Gasteiger partial charge >= 0.3 is 0 Å². The van der Waals surface area contributed by atoms with Gasteiger partial charge in [-0.2, -0.15) is 4.98 Å². The first-order valence-corrected chi connectivity index (χ1v) is 10.4. The fourth-order valence-corrected chi connectivity index (χ4v) is 3.78. The summed E-state index contributed by atoms with van der Waals surface area (Å²) in [7, 11) is 3.22. The van der Waals surface area contributed by atoms with Crippen molar-refractivity contribution < 1.29 is 19.1 Å². The molecule has 8 heteroatoms. The third kappa shape index (κ3) is 4.34. The Morgan fingerprint density at radius 3 is 2.32 bits per heavy atom. The fraction of sp³-hybridized carbons (Fsp3) is 0.435. The maximum Gasteiger partial charge on any atom is 0.258 e. The third-order valence-corrected chi connectivity index (χ3v) is 5.75. The monoisotopic (exact) mass is 424 g/mol. The Balaban J connectivity index is 1.51. The Kier molecular flexibility index (Phi) is 5.82. The number of piperidine rings is 1. The molecule has 2 aromatic heterocycles. The molecule has 0 unspecified atom stereocenters. The molecule has 8 nitrogen and oxygen atoms in total. The second kappa shape index (κ2) is 8.55. The molecular formula is C23H28N4O4. The molecular weight excluding hydrogens is 396 g/mol. The van der Waals surface area contributed by atoms with Crippen LogP contribution in [0.4, 0.5) is 5.82 Å². The van der Waals surface area contributed by atoms with E-state index in [0.717, 1.165) is 16.9 Å². The van der Waals surface area contributed by atoms with E-state index in [1.165, 1.54) is 0 Å². The lowest BCUT2D eigenvalue weighted by Gasteiger charge is -2.39. The van der Waals surface area contributed by atoms with Crippen LogP contribution in [-0.4, -0.2) is 47.5 Å². The third-order valence-electron chi connectivity index (χ3n) is 5.75. The highest BCUT2D eigenvalue weighted by Crippen LogP contribution is 2.38. The lowest BCUT2D eigenvalue weighted by Crippen LogP contribution is -2.43. The minimum atomic E-state index is -0.950. The van der Waals surface area contributed by atoms with Crippen molar-refractivity contribution in [1.82, 2.24) is 15.1 Å². The predicted molar refractivity (Wildman–Crippen MR) is 117 cm³/mol. The van der Waals surface area contributed by atoms with E-state index >= 15 is 0 Å². The van der Waals surface area contributed by atoms with Gasteiger partial charge in [-0.1, -0.05) is 19.0 Å². The van der Waals surface area contributed by atoms with Crippen molar-refractivity contribution in [3.63, 3.8) is 0 Å².